The van der Waals surface area contributed by atoms with Crippen molar-refractivity contribution in [1.82, 2.24) is 9.69 Å². The van der Waals surface area contributed by atoms with E-state index in [0.717, 1.165) is 11.0 Å². The van der Waals surface area contributed by atoms with Crippen LogP contribution in [0.3, 0.4) is 0 Å². The number of nitrogens with one attached hydrogen (secondary N) is 1. The van der Waals surface area contributed by atoms with Crippen LogP contribution in [-0.4, -0.2) is 41.9 Å². The molecule has 0 saturated heterocycles. The van der Waals surface area contributed by atoms with Gasteiger partial charge < -0.3 is 26.3 Å². The molecule has 0 saturated carbocycles. The minimum atomic E-state index is -1.31. The fourth-order valence-corrected chi connectivity index (χ4v) is 4.37. The zero-order chi connectivity index (χ0) is 27.5. The number of nitrogen functional groups attached to an aromatic ring is 1. The number of hydrogen-bond donors (Lipinski definition) is 3. The third kappa shape index (κ3) is 5.97. The van der Waals surface area contributed by atoms with Gasteiger partial charge in [-0.1, -0.05) is 12.1 Å². The van der Waals surface area contributed by atoms with Gasteiger partial charge in [0, 0.05) is 11.2 Å². The summed E-state index contributed by atoms with van der Waals surface area (Å²) in [6.07, 6.45) is 0. The summed E-state index contributed by atoms with van der Waals surface area (Å²) in [5, 5.41) is 2.88. The molecule has 1 unspecified atom stereocenters. The number of nitrogens with zero attached hydrogens (tertiary/aromatic N) is 2. The Kier molecular flexibility index (Phi) is 8.02. The molecule has 0 radical (unpaired) electrons. The monoisotopic (exact) mass is 529 g/mol. The number of rotatable bonds is 8. The molecule has 1 aromatic heterocycles. The minimum absolute atomic E-state index is 0.0715. The molecule has 2 aromatic carbocycles. The molecule has 0 aliphatic heterocycles. The second-order valence-electron chi connectivity index (χ2n) is 9.05. The summed E-state index contributed by atoms with van der Waals surface area (Å²) in [5.74, 6) is -2.16. The Hall–Kier alpha value is -4.19. The molecule has 10 nitrogen and oxygen atoms in total. The molecule has 0 bridgehead atoms. The van der Waals surface area contributed by atoms with Gasteiger partial charge in [-0.2, -0.15) is 4.37 Å². The number of carbonyl (C=O) groups is 3. The van der Waals surface area contributed by atoms with E-state index in [2.05, 4.69) is 9.69 Å². The number of anilines is 2. The molecular formula is C25H28FN5O5S. The van der Waals surface area contributed by atoms with E-state index >= 15 is 0 Å². The third-order valence-corrected chi connectivity index (χ3v) is 6.04. The molecule has 3 aromatic rings. The smallest absolute Gasteiger partial charge is 0.273 e. The Labute approximate surface area is 217 Å². The highest BCUT2D eigenvalue weighted by Crippen LogP contribution is 2.37. The van der Waals surface area contributed by atoms with E-state index in [1.54, 1.807) is 39.0 Å². The fraction of sp³-hybridized carbons (Fsp3) is 0.280. The van der Waals surface area contributed by atoms with Gasteiger partial charge in [0.05, 0.1) is 19.9 Å². The zero-order valence-electron chi connectivity index (χ0n) is 21.0. The lowest BCUT2D eigenvalue weighted by Gasteiger charge is -2.33. The molecular weight excluding hydrogens is 501 g/mol. The highest BCUT2D eigenvalue weighted by atomic mass is 32.1. The lowest BCUT2D eigenvalue weighted by molar-refractivity contribution is -0.123. The lowest BCUT2D eigenvalue weighted by Crippen LogP contribution is -2.49. The van der Waals surface area contributed by atoms with Gasteiger partial charge in [0.1, 0.15) is 16.7 Å². The van der Waals surface area contributed by atoms with Crippen LogP contribution in [0.15, 0.2) is 42.5 Å². The van der Waals surface area contributed by atoms with Crippen LogP contribution in [0.4, 0.5) is 15.8 Å². The number of primary amides is 1. The number of nitrogens with two attached hydrogens (primary N) is 2. The van der Waals surface area contributed by atoms with Crippen molar-refractivity contribution in [3.8, 4) is 11.5 Å². The number of amides is 3. The van der Waals surface area contributed by atoms with E-state index in [0.29, 0.717) is 28.6 Å². The first-order valence-electron chi connectivity index (χ1n) is 11.1. The van der Waals surface area contributed by atoms with Crippen molar-refractivity contribution in [3.05, 3.63) is 64.4 Å². The average Bonchev–Trinajstić information content (AvgIpc) is 3.22. The first-order valence-corrected chi connectivity index (χ1v) is 11.8. The van der Waals surface area contributed by atoms with Gasteiger partial charge in [0.15, 0.2) is 17.2 Å². The van der Waals surface area contributed by atoms with Crippen molar-refractivity contribution in [1.29, 1.82) is 0 Å². The van der Waals surface area contributed by atoms with Crippen LogP contribution in [0.2, 0.25) is 0 Å². The summed E-state index contributed by atoms with van der Waals surface area (Å²) in [5.41, 5.74) is 10.6. The maximum atomic E-state index is 14.4. The van der Waals surface area contributed by atoms with Crippen molar-refractivity contribution >= 4 is 40.6 Å². The van der Waals surface area contributed by atoms with Crippen LogP contribution in [0, 0.1) is 5.82 Å². The molecule has 0 spiro atoms. The van der Waals surface area contributed by atoms with E-state index < -0.39 is 35.1 Å². The SMILES string of the molecule is COc1ccc(C(C(=O)NC(C)(C)C)N(C(=O)c2snc(C(N)=O)c2N)c2cccc(F)c2)cc1OC. The molecule has 1 heterocycles. The van der Waals surface area contributed by atoms with Crippen molar-refractivity contribution in [2.24, 2.45) is 5.73 Å². The Balaban J connectivity index is 2.29. The van der Waals surface area contributed by atoms with E-state index in [9.17, 15) is 18.8 Å². The predicted octanol–water partition coefficient (Wildman–Crippen LogP) is 3.28. The lowest BCUT2D eigenvalue weighted by atomic mass is 9.99. The second-order valence-corrected chi connectivity index (χ2v) is 9.82. The summed E-state index contributed by atoms with van der Waals surface area (Å²) in [6, 6.07) is 8.63. The van der Waals surface area contributed by atoms with E-state index in [1.807, 2.05) is 0 Å². The molecule has 12 heteroatoms. The number of methoxy groups -OCH3 is 2. The van der Waals surface area contributed by atoms with Gasteiger partial charge in [0.25, 0.3) is 11.8 Å². The van der Waals surface area contributed by atoms with Crippen molar-refractivity contribution in [2.75, 3.05) is 24.9 Å². The highest BCUT2D eigenvalue weighted by Gasteiger charge is 2.37. The van der Waals surface area contributed by atoms with Crippen LogP contribution < -0.4 is 31.2 Å². The summed E-state index contributed by atoms with van der Waals surface area (Å²) in [6.45, 7) is 5.35. The summed E-state index contributed by atoms with van der Waals surface area (Å²) >= 11 is 0.654. The molecule has 0 fully saturated rings. The van der Waals surface area contributed by atoms with E-state index in [-0.39, 0.29) is 21.9 Å². The number of ether oxygens (including phenoxy) is 2. The van der Waals surface area contributed by atoms with Crippen LogP contribution in [0.5, 0.6) is 11.5 Å². The van der Waals surface area contributed by atoms with Gasteiger partial charge in [-0.05, 0) is 68.2 Å². The van der Waals surface area contributed by atoms with Crippen molar-refractivity contribution in [3.63, 3.8) is 0 Å². The van der Waals surface area contributed by atoms with Crippen LogP contribution in [-0.2, 0) is 4.79 Å². The Morgan fingerprint density at radius 3 is 2.30 bits per heavy atom. The molecule has 196 valence electrons. The molecule has 5 N–H and O–H groups in total. The maximum Gasteiger partial charge on any atom is 0.273 e. The Morgan fingerprint density at radius 2 is 1.76 bits per heavy atom. The molecule has 37 heavy (non-hydrogen) atoms. The van der Waals surface area contributed by atoms with Gasteiger partial charge >= 0.3 is 0 Å². The Bertz CT molecular complexity index is 1340. The first kappa shape index (κ1) is 27.4. The van der Waals surface area contributed by atoms with Crippen LogP contribution >= 0.6 is 11.5 Å². The van der Waals surface area contributed by atoms with E-state index in [1.165, 1.54) is 32.4 Å². The number of halogens is 1. The van der Waals surface area contributed by atoms with Gasteiger partial charge in [0.2, 0.25) is 5.91 Å². The normalized spacial score (nSPS) is 11.9. The largest absolute Gasteiger partial charge is 0.493 e. The summed E-state index contributed by atoms with van der Waals surface area (Å²) in [4.78, 5) is 40.4. The molecule has 3 rings (SSSR count). The van der Waals surface area contributed by atoms with Gasteiger partial charge in [-0.3, -0.25) is 19.3 Å². The number of hydrogen-bond acceptors (Lipinski definition) is 8. The zero-order valence-corrected chi connectivity index (χ0v) is 21.8. The topological polar surface area (TPSA) is 150 Å². The third-order valence-electron chi connectivity index (χ3n) is 5.19. The number of benzene rings is 2. The van der Waals surface area contributed by atoms with Gasteiger partial charge in [-0.25, -0.2) is 4.39 Å². The molecule has 0 aliphatic carbocycles. The highest BCUT2D eigenvalue weighted by molar-refractivity contribution is 7.09. The van der Waals surface area contributed by atoms with Crippen LogP contribution in [0.25, 0.3) is 0 Å². The number of carbonyl (C=O) groups excluding carboxylic acids is 3. The second kappa shape index (κ2) is 10.8. The van der Waals surface area contributed by atoms with E-state index in [4.69, 9.17) is 20.9 Å². The predicted molar refractivity (Wildman–Crippen MR) is 138 cm³/mol. The standard InChI is InChI=1S/C25H28FN5O5S/c1-25(2,3)29-23(33)20(13-9-10-16(35-4)17(11-13)36-5)31(15-8-6-7-14(26)12-15)24(34)21-18(27)19(22(28)32)30-37-21/h6-12,20H,27H2,1-5H3,(H2,28,32)(H,29,33). The minimum Gasteiger partial charge on any atom is -0.493 e. The molecule has 3 amide bonds. The molecule has 0 aliphatic rings. The Morgan fingerprint density at radius 1 is 1.08 bits per heavy atom. The summed E-state index contributed by atoms with van der Waals surface area (Å²) in [7, 11) is 2.90. The molecule has 1 atom stereocenters. The van der Waals surface area contributed by atoms with Crippen molar-refractivity contribution < 1.29 is 28.2 Å². The van der Waals surface area contributed by atoms with Crippen LogP contribution in [0.1, 0.15) is 52.5 Å². The first-order chi connectivity index (χ1) is 17.4. The van der Waals surface area contributed by atoms with Gasteiger partial charge in [-0.15, -0.1) is 0 Å². The maximum absolute atomic E-state index is 14.4. The van der Waals surface area contributed by atoms with Crippen molar-refractivity contribution in [2.45, 2.75) is 32.4 Å². The summed E-state index contributed by atoms with van der Waals surface area (Å²) < 4.78 is 29.0. The fourth-order valence-electron chi connectivity index (χ4n) is 3.63. The average molecular weight is 530 g/mol. The quantitative estimate of drug-likeness (QED) is 0.405. The number of aromatic nitrogens is 1.